The molecule has 0 radical (unpaired) electrons. The molecule has 0 heterocycles. The molecule has 21 heavy (non-hydrogen) atoms. The van der Waals surface area contributed by atoms with Gasteiger partial charge in [0.2, 0.25) is 0 Å². The number of hydrogen-bond donors (Lipinski definition) is 3. The molecule has 0 saturated heterocycles. The summed E-state index contributed by atoms with van der Waals surface area (Å²) in [7, 11) is 1.90. The second-order valence-corrected chi connectivity index (χ2v) is 7.09. The second-order valence-electron chi connectivity index (χ2n) is 7.09. The highest BCUT2D eigenvalue weighted by atomic mass is 16.2. The molecule has 4 atom stereocenters. The first-order valence-corrected chi connectivity index (χ1v) is 8.35. The molecule has 0 aliphatic heterocycles. The zero-order valence-corrected chi connectivity index (χ0v) is 13.6. The average molecular weight is 296 g/mol. The number of amides is 2. The Bertz CT molecular complexity index is 382. The molecule has 2 aliphatic rings. The van der Waals surface area contributed by atoms with Gasteiger partial charge >= 0.3 is 0 Å². The molecule has 2 amide bonds. The van der Waals surface area contributed by atoms with Crippen molar-refractivity contribution in [3.8, 4) is 0 Å². The van der Waals surface area contributed by atoms with Crippen LogP contribution in [0.2, 0.25) is 0 Å². The fraction of sp³-hybridized carbons (Fsp3) is 0.875. The molecule has 5 nitrogen and oxygen atoms in total. The topological polar surface area (TPSA) is 62.6 Å². The van der Waals surface area contributed by atoms with Gasteiger partial charge in [-0.1, -0.05) is 26.7 Å². The predicted octanol–water partition coefficient (Wildman–Crippen LogP) is -0.279. The smallest absolute Gasteiger partial charge is 0.275 e. The first-order valence-electron chi connectivity index (χ1n) is 8.35. The second kappa shape index (κ2) is 7.25. The molecule has 2 rings (SSSR count). The Balaban J connectivity index is 1.68. The van der Waals surface area contributed by atoms with Gasteiger partial charge in [-0.3, -0.25) is 9.59 Å². The van der Waals surface area contributed by atoms with Gasteiger partial charge in [-0.25, -0.2) is 0 Å². The normalized spacial score (nSPS) is 30.5. The molecule has 3 N–H and O–H groups in total. The molecule has 0 spiro atoms. The van der Waals surface area contributed by atoms with Crippen molar-refractivity contribution in [2.45, 2.75) is 58.0 Å². The van der Waals surface area contributed by atoms with Gasteiger partial charge in [0, 0.05) is 12.1 Å². The molecule has 1 unspecified atom stereocenters. The van der Waals surface area contributed by atoms with E-state index < -0.39 is 0 Å². The SMILES string of the molecule is C[C@@H]1[C@@H](C)CCC[C@H]1NC(=O)C[NH+](C)CC(=O)NC1CC1. The van der Waals surface area contributed by atoms with Crippen LogP contribution in [0.3, 0.4) is 0 Å². The maximum atomic E-state index is 12.1. The first kappa shape index (κ1) is 16.3. The van der Waals surface area contributed by atoms with Crippen LogP contribution in [-0.4, -0.2) is 44.0 Å². The molecule has 5 heteroatoms. The van der Waals surface area contributed by atoms with Gasteiger partial charge in [0.25, 0.3) is 11.8 Å². The first-order chi connectivity index (χ1) is 9.95. The zero-order chi connectivity index (χ0) is 15.4. The summed E-state index contributed by atoms with van der Waals surface area (Å²) in [5.41, 5.74) is 0. The van der Waals surface area contributed by atoms with Crippen LogP contribution in [0.5, 0.6) is 0 Å². The summed E-state index contributed by atoms with van der Waals surface area (Å²) in [5.74, 6) is 1.35. The summed E-state index contributed by atoms with van der Waals surface area (Å²) in [4.78, 5) is 24.8. The highest BCUT2D eigenvalue weighted by molar-refractivity contribution is 5.79. The summed E-state index contributed by atoms with van der Waals surface area (Å²) >= 11 is 0. The lowest BCUT2D eigenvalue weighted by Crippen LogP contribution is -3.11. The molecule has 0 bridgehead atoms. The van der Waals surface area contributed by atoms with E-state index in [9.17, 15) is 9.59 Å². The van der Waals surface area contributed by atoms with Gasteiger partial charge in [0.1, 0.15) is 0 Å². The average Bonchev–Trinajstić information content (AvgIpc) is 3.18. The molecular weight excluding hydrogens is 266 g/mol. The summed E-state index contributed by atoms with van der Waals surface area (Å²) < 4.78 is 0. The van der Waals surface area contributed by atoms with Gasteiger partial charge in [0.05, 0.1) is 7.05 Å². The number of nitrogens with one attached hydrogen (secondary N) is 3. The lowest BCUT2D eigenvalue weighted by Gasteiger charge is -2.34. The van der Waals surface area contributed by atoms with E-state index in [1.54, 1.807) is 0 Å². The summed E-state index contributed by atoms with van der Waals surface area (Å²) in [5, 5.41) is 6.13. The molecular formula is C16H30N3O2+. The van der Waals surface area contributed by atoms with Gasteiger partial charge in [-0.05, 0) is 31.1 Å². The quantitative estimate of drug-likeness (QED) is 0.631. The summed E-state index contributed by atoms with van der Waals surface area (Å²) in [6.45, 7) is 5.24. The van der Waals surface area contributed by atoms with Crippen LogP contribution in [0.4, 0.5) is 0 Å². The van der Waals surface area contributed by atoms with Crippen molar-refractivity contribution in [1.82, 2.24) is 10.6 Å². The number of hydrogen-bond acceptors (Lipinski definition) is 2. The van der Waals surface area contributed by atoms with Crippen molar-refractivity contribution in [1.29, 1.82) is 0 Å². The van der Waals surface area contributed by atoms with Crippen molar-refractivity contribution in [3.05, 3.63) is 0 Å². The van der Waals surface area contributed by atoms with E-state index in [4.69, 9.17) is 0 Å². The van der Waals surface area contributed by atoms with E-state index in [1.807, 2.05) is 7.05 Å². The Morgan fingerprint density at radius 2 is 1.62 bits per heavy atom. The van der Waals surface area contributed by atoms with Crippen LogP contribution in [0.1, 0.15) is 46.0 Å². The zero-order valence-electron chi connectivity index (χ0n) is 13.6. The van der Waals surface area contributed by atoms with Gasteiger partial charge in [-0.15, -0.1) is 0 Å². The minimum Gasteiger partial charge on any atom is -0.348 e. The third-order valence-electron chi connectivity index (χ3n) is 4.92. The Labute approximate surface area is 127 Å². The minimum absolute atomic E-state index is 0.0578. The molecule has 2 saturated carbocycles. The van der Waals surface area contributed by atoms with Crippen molar-refractivity contribution in [2.75, 3.05) is 20.1 Å². The lowest BCUT2D eigenvalue weighted by molar-refractivity contribution is -0.862. The lowest BCUT2D eigenvalue weighted by atomic mass is 9.78. The highest BCUT2D eigenvalue weighted by Gasteiger charge is 2.29. The largest absolute Gasteiger partial charge is 0.348 e. The Morgan fingerprint density at radius 3 is 2.24 bits per heavy atom. The number of likely N-dealkylation sites (N-methyl/N-ethyl adjacent to an activating group) is 1. The van der Waals surface area contributed by atoms with Crippen LogP contribution in [0.25, 0.3) is 0 Å². The van der Waals surface area contributed by atoms with E-state index >= 15 is 0 Å². The maximum absolute atomic E-state index is 12.1. The van der Waals surface area contributed by atoms with E-state index in [0.29, 0.717) is 37.0 Å². The highest BCUT2D eigenvalue weighted by Crippen LogP contribution is 2.29. The van der Waals surface area contributed by atoms with Crippen LogP contribution in [0, 0.1) is 11.8 Å². The Morgan fingerprint density at radius 1 is 1.00 bits per heavy atom. The molecule has 0 aromatic rings. The molecule has 0 aromatic carbocycles. The van der Waals surface area contributed by atoms with Crippen molar-refractivity contribution in [3.63, 3.8) is 0 Å². The molecule has 2 aliphatic carbocycles. The van der Waals surface area contributed by atoms with E-state index in [0.717, 1.165) is 24.2 Å². The van der Waals surface area contributed by atoms with Gasteiger partial charge in [0.15, 0.2) is 13.1 Å². The summed E-state index contributed by atoms with van der Waals surface area (Å²) in [6.07, 6.45) is 5.74. The fourth-order valence-corrected chi connectivity index (χ4v) is 3.16. The molecule has 2 fully saturated rings. The molecule has 0 aromatic heterocycles. The van der Waals surface area contributed by atoms with Crippen LogP contribution >= 0.6 is 0 Å². The third-order valence-corrected chi connectivity index (χ3v) is 4.92. The van der Waals surface area contributed by atoms with Crippen molar-refractivity contribution in [2.24, 2.45) is 11.8 Å². The van der Waals surface area contributed by atoms with Crippen molar-refractivity contribution >= 4 is 11.8 Å². The Kier molecular flexibility index (Phi) is 5.62. The van der Waals surface area contributed by atoms with Crippen LogP contribution < -0.4 is 15.5 Å². The van der Waals surface area contributed by atoms with E-state index in [-0.39, 0.29) is 11.8 Å². The number of rotatable bonds is 6. The summed E-state index contributed by atoms with van der Waals surface area (Å²) in [6, 6.07) is 0.693. The van der Waals surface area contributed by atoms with Gasteiger partial charge in [-0.2, -0.15) is 0 Å². The standard InChI is InChI=1S/C16H29N3O2/c1-11-5-4-6-14(12(11)2)18-16(21)10-19(3)9-15(20)17-13-7-8-13/h11-14H,4-10H2,1-3H3,(H,17,20)(H,18,21)/p+1/t11-,12+,14+/m0/s1. The van der Waals surface area contributed by atoms with Crippen molar-refractivity contribution < 1.29 is 14.5 Å². The fourth-order valence-electron chi connectivity index (χ4n) is 3.16. The van der Waals surface area contributed by atoms with E-state index in [1.165, 1.54) is 12.8 Å². The minimum atomic E-state index is 0.0578. The number of carbonyl (C=O) groups is 2. The van der Waals surface area contributed by atoms with Gasteiger partial charge < -0.3 is 15.5 Å². The predicted molar refractivity (Wildman–Crippen MR) is 81.9 cm³/mol. The number of quaternary nitrogens is 1. The third kappa shape index (κ3) is 5.30. The van der Waals surface area contributed by atoms with E-state index in [2.05, 4.69) is 24.5 Å². The number of carbonyl (C=O) groups excluding carboxylic acids is 2. The Hall–Kier alpha value is -1.10. The maximum Gasteiger partial charge on any atom is 0.275 e. The van der Waals surface area contributed by atoms with Crippen LogP contribution in [-0.2, 0) is 9.59 Å². The molecule has 120 valence electrons. The monoisotopic (exact) mass is 296 g/mol. The van der Waals surface area contributed by atoms with Crippen LogP contribution in [0.15, 0.2) is 0 Å².